The van der Waals surface area contributed by atoms with Crippen LogP contribution in [0.3, 0.4) is 0 Å². The SMILES string of the molecule is COc1ccc(CNS(=O)(=O)c2c(S(=O)(=O)N[C@@H]3CCNC3)ccc(N3CCn4ccnc4C3)c2-c2nnnn2Cc2ccc(OC)cc2)cc1. The average Bonchev–Trinajstić information content (AvgIpc) is 3.93. The number of imidazole rings is 1. The molecule has 0 radical (unpaired) electrons. The van der Waals surface area contributed by atoms with Crippen LogP contribution in [0, 0.1) is 0 Å². The normalized spacial score (nSPS) is 16.3. The number of fused-ring (bicyclic) bond motifs is 1. The van der Waals surface area contributed by atoms with Crippen molar-refractivity contribution in [1.82, 2.24) is 44.5 Å². The fraction of sp³-hybridized carbons (Fsp3) is 0.333. The van der Waals surface area contributed by atoms with Gasteiger partial charge in [0.15, 0.2) is 5.82 Å². The van der Waals surface area contributed by atoms with E-state index in [9.17, 15) is 16.8 Å². The summed E-state index contributed by atoms with van der Waals surface area (Å²) in [5.74, 6) is 2.14. The van der Waals surface area contributed by atoms with Gasteiger partial charge in [0, 0.05) is 50.3 Å². The molecule has 1 fully saturated rings. The molecule has 18 heteroatoms. The van der Waals surface area contributed by atoms with Crippen molar-refractivity contribution in [2.24, 2.45) is 0 Å². The van der Waals surface area contributed by atoms with Gasteiger partial charge in [-0.15, -0.1) is 5.10 Å². The lowest BCUT2D eigenvalue weighted by molar-refractivity contribution is 0.414. The summed E-state index contributed by atoms with van der Waals surface area (Å²) in [6, 6.07) is 16.8. The molecule has 0 saturated carbocycles. The monoisotopic (exact) mass is 734 g/mol. The lowest BCUT2D eigenvalue weighted by atomic mass is 10.1. The van der Waals surface area contributed by atoms with E-state index in [1.807, 2.05) is 27.8 Å². The molecule has 1 saturated heterocycles. The van der Waals surface area contributed by atoms with E-state index in [2.05, 4.69) is 35.3 Å². The molecule has 16 nitrogen and oxygen atoms in total. The average molecular weight is 735 g/mol. The molecule has 3 aromatic carbocycles. The summed E-state index contributed by atoms with van der Waals surface area (Å²) in [6.07, 6.45) is 4.16. The molecule has 4 heterocycles. The Balaban J connectivity index is 1.40. The van der Waals surface area contributed by atoms with Gasteiger partial charge in [-0.05, 0) is 70.9 Å². The number of tetrazole rings is 1. The topological polar surface area (TPSA) is 187 Å². The van der Waals surface area contributed by atoms with Gasteiger partial charge in [0.25, 0.3) is 0 Å². The quantitative estimate of drug-likeness (QED) is 0.159. The summed E-state index contributed by atoms with van der Waals surface area (Å²) in [5, 5.41) is 15.7. The van der Waals surface area contributed by atoms with Crippen LogP contribution >= 0.6 is 0 Å². The van der Waals surface area contributed by atoms with Crippen molar-refractivity contribution in [2.75, 3.05) is 38.8 Å². The molecule has 2 aliphatic rings. The second-order valence-corrected chi connectivity index (χ2v) is 15.6. The minimum Gasteiger partial charge on any atom is -0.497 e. The number of aromatic nitrogens is 6. The predicted octanol–water partition coefficient (Wildman–Crippen LogP) is 1.74. The highest BCUT2D eigenvalue weighted by molar-refractivity contribution is 7.92. The van der Waals surface area contributed by atoms with Crippen molar-refractivity contribution in [3.8, 4) is 22.9 Å². The first-order valence-electron chi connectivity index (χ1n) is 16.3. The molecule has 7 rings (SSSR count). The van der Waals surface area contributed by atoms with Crippen LogP contribution in [0.2, 0.25) is 0 Å². The number of rotatable bonds is 13. The first-order valence-corrected chi connectivity index (χ1v) is 19.3. The molecule has 2 aliphatic heterocycles. The number of nitrogens with zero attached hydrogens (tertiary/aromatic N) is 7. The number of methoxy groups -OCH3 is 2. The number of benzene rings is 3. The van der Waals surface area contributed by atoms with Crippen molar-refractivity contribution < 1.29 is 26.3 Å². The summed E-state index contributed by atoms with van der Waals surface area (Å²) in [6.45, 7) is 2.52. The maximum absolute atomic E-state index is 14.7. The van der Waals surface area contributed by atoms with Gasteiger partial charge in [-0.25, -0.2) is 35.9 Å². The third kappa shape index (κ3) is 7.31. The molecule has 5 aromatic rings. The van der Waals surface area contributed by atoms with Gasteiger partial charge in [0.1, 0.15) is 27.1 Å². The van der Waals surface area contributed by atoms with Crippen molar-refractivity contribution in [1.29, 1.82) is 0 Å². The molecule has 2 aromatic heterocycles. The van der Waals surface area contributed by atoms with Gasteiger partial charge in [-0.3, -0.25) is 0 Å². The first-order chi connectivity index (χ1) is 24.6. The van der Waals surface area contributed by atoms with Crippen LogP contribution in [0.5, 0.6) is 11.5 Å². The Kier molecular flexibility index (Phi) is 9.75. The summed E-state index contributed by atoms with van der Waals surface area (Å²) < 4.78 is 77.3. The van der Waals surface area contributed by atoms with Crippen LogP contribution < -0.4 is 29.1 Å². The molecular weight excluding hydrogens is 697 g/mol. The van der Waals surface area contributed by atoms with E-state index in [4.69, 9.17) is 9.47 Å². The minimum atomic E-state index is -4.58. The van der Waals surface area contributed by atoms with Gasteiger partial charge in [0.2, 0.25) is 20.0 Å². The Morgan fingerprint density at radius 1 is 0.902 bits per heavy atom. The van der Waals surface area contributed by atoms with Crippen LogP contribution in [-0.2, 0) is 46.2 Å². The van der Waals surface area contributed by atoms with E-state index in [0.717, 1.165) is 11.4 Å². The largest absolute Gasteiger partial charge is 0.497 e. The van der Waals surface area contributed by atoms with Gasteiger partial charge >= 0.3 is 0 Å². The van der Waals surface area contributed by atoms with Crippen LogP contribution in [0.15, 0.2) is 82.8 Å². The van der Waals surface area contributed by atoms with Gasteiger partial charge < -0.3 is 24.3 Å². The molecule has 0 bridgehead atoms. The molecule has 268 valence electrons. The highest BCUT2D eigenvalue weighted by atomic mass is 32.2. The van der Waals surface area contributed by atoms with E-state index in [1.165, 1.54) is 10.7 Å². The fourth-order valence-corrected chi connectivity index (χ4v) is 9.63. The lowest BCUT2D eigenvalue weighted by Gasteiger charge is -2.32. The number of hydrogen-bond donors (Lipinski definition) is 3. The Morgan fingerprint density at radius 2 is 1.63 bits per heavy atom. The number of nitrogens with one attached hydrogen (secondary N) is 3. The molecule has 51 heavy (non-hydrogen) atoms. The van der Waals surface area contributed by atoms with Crippen LogP contribution in [0.1, 0.15) is 23.4 Å². The molecular formula is C33H38N10O6S2. The maximum atomic E-state index is 14.7. The zero-order valence-corrected chi connectivity index (χ0v) is 29.7. The standard InChI is InChI=1S/C33H38N10O6S2/c1-48-26-7-3-23(4-8-26)19-36-51(46,47)32-29(50(44,45)38-25-13-14-34-20-25)12-11-28(42-18-17-41-16-15-35-30(41)22-42)31(32)33-37-39-40-43(33)21-24-5-9-27(49-2)10-6-24/h3-12,15-16,25,34,36,38H,13-14,17-22H2,1-2H3/t25-/m1/s1. The Labute approximate surface area is 295 Å². The number of hydrogen-bond acceptors (Lipinski definition) is 12. The molecule has 0 amide bonds. The van der Waals surface area contributed by atoms with Crippen LogP contribution in [0.4, 0.5) is 5.69 Å². The minimum absolute atomic E-state index is 0.0585. The van der Waals surface area contributed by atoms with E-state index >= 15 is 0 Å². The second-order valence-electron chi connectivity index (χ2n) is 12.2. The fourth-order valence-electron chi connectivity index (χ4n) is 6.32. The van der Waals surface area contributed by atoms with Crippen molar-refractivity contribution in [3.05, 3.63) is 90.0 Å². The van der Waals surface area contributed by atoms with E-state index < -0.39 is 35.9 Å². The Hall–Kier alpha value is -4.88. The lowest BCUT2D eigenvalue weighted by Crippen LogP contribution is -2.38. The van der Waals surface area contributed by atoms with Gasteiger partial charge in [0.05, 0.1) is 32.9 Å². The van der Waals surface area contributed by atoms with Crippen molar-refractivity contribution in [2.45, 2.75) is 48.4 Å². The third-order valence-electron chi connectivity index (χ3n) is 9.00. The zero-order chi connectivity index (χ0) is 35.6. The molecule has 0 aliphatic carbocycles. The number of sulfonamides is 2. The highest BCUT2D eigenvalue weighted by Gasteiger charge is 2.37. The van der Waals surface area contributed by atoms with Crippen molar-refractivity contribution >= 4 is 25.7 Å². The van der Waals surface area contributed by atoms with Crippen LogP contribution in [-0.4, -0.2) is 86.5 Å². The maximum Gasteiger partial charge on any atom is 0.243 e. The second kappa shape index (κ2) is 14.4. The first kappa shape index (κ1) is 34.6. The molecule has 3 N–H and O–H groups in total. The highest BCUT2D eigenvalue weighted by Crippen LogP contribution is 2.41. The number of anilines is 1. The summed E-state index contributed by atoms with van der Waals surface area (Å²) in [7, 11) is -5.84. The zero-order valence-electron chi connectivity index (χ0n) is 28.1. The molecule has 1 atom stereocenters. The smallest absolute Gasteiger partial charge is 0.243 e. The van der Waals surface area contributed by atoms with Crippen LogP contribution in [0.25, 0.3) is 11.4 Å². The summed E-state index contributed by atoms with van der Waals surface area (Å²) in [5.41, 5.74) is 1.96. The van der Waals surface area contributed by atoms with E-state index in [0.29, 0.717) is 61.9 Å². The van der Waals surface area contributed by atoms with Gasteiger partial charge in [-0.2, -0.15) is 0 Å². The Bertz CT molecular complexity index is 2220. The third-order valence-corrected chi connectivity index (χ3v) is 12.2. The molecule has 0 spiro atoms. The van der Waals surface area contributed by atoms with E-state index in [1.54, 1.807) is 62.9 Å². The van der Waals surface area contributed by atoms with Gasteiger partial charge in [-0.1, -0.05) is 24.3 Å². The summed E-state index contributed by atoms with van der Waals surface area (Å²) >= 11 is 0. The molecule has 0 unspecified atom stereocenters. The van der Waals surface area contributed by atoms with E-state index in [-0.39, 0.29) is 24.5 Å². The Morgan fingerprint density at radius 3 is 2.31 bits per heavy atom. The number of ether oxygens (including phenoxy) is 2. The summed E-state index contributed by atoms with van der Waals surface area (Å²) in [4.78, 5) is 5.60. The van der Waals surface area contributed by atoms with Crippen molar-refractivity contribution in [3.63, 3.8) is 0 Å². The predicted molar refractivity (Wildman–Crippen MR) is 187 cm³/mol.